The third kappa shape index (κ3) is 3.10. The van der Waals surface area contributed by atoms with E-state index in [0.29, 0.717) is 12.1 Å². The molecule has 2 aromatic rings. The van der Waals surface area contributed by atoms with Gasteiger partial charge in [-0.2, -0.15) is 5.26 Å². The highest BCUT2D eigenvalue weighted by molar-refractivity contribution is 5.99. The summed E-state index contributed by atoms with van der Waals surface area (Å²) >= 11 is 0. The SMILES string of the molecule is Cc1cc(C(=O)CN2[C@H]3CC[C@@H]2[C@@](O)(C(C)(C)C)C3)c(C)n1-c1ccc(C#N)cc1. The fourth-order valence-electron chi connectivity index (χ4n) is 5.59. The Bertz CT molecular complexity index is 1020. The molecule has 2 aliphatic heterocycles. The van der Waals surface area contributed by atoms with Gasteiger partial charge in [0.05, 0.1) is 23.8 Å². The van der Waals surface area contributed by atoms with Crippen LogP contribution in [0.1, 0.15) is 67.3 Å². The summed E-state index contributed by atoms with van der Waals surface area (Å²) in [5.74, 6) is 0.109. The fourth-order valence-corrected chi connectivity index (χ4v) is 5.59. The topological polar surface area (TPSA) is 69.3 Å². The molecule has 2 bridgehead atoms. The third-order valence-corrected chi connectivity index (χ3v) is 7.35. The Hall–Kier alpha value is -2.42. The van der Waals surface area contributed by atoms with Crippen LogP contribution in [0.3, 0.4) is 0 Å². The van der Waals surface area contributed by atoms with Crippen LogP contribution in [0, 0.1) is 30.6 Å². The Morgan fingerprint density at radius 2 is 1.90 bits per heavy atom. The Balaban J connectivity index is 1.59. The number of nitriles is 1. The average molecular weight is 406 g/mol. The number of aromatic nitrogens is 1. The van der Waals surface area contributed by atoms with Crippen molar-refractivity contribution in [1.82, 2.24) is 9.47 Å². The lowest BCUT2D eigenvalue weighted by atomic mass is 9.68. The van der Waals surface area contributed by atoms with Gasteiger partial charge in [0.1, 0.15) is 0 Å². The molecule has 0 spiro atoms. The molecule has 5 heteroatoms. The molecule has 1 N–H and O–H groups in total. The predicted molar refractivity (Wildman–Crippen MR) is 117 cm³/mol. The maximum absolute atomic E-state index is 13.3. The molecule has 4 rings (SSSR count). The minimum absolute atomic E-state index is 0.0495. The highest BCUT2D eigenvalue weighted by Crippen LogP contribution is 2.51. The quantitative estimate of drug-likeness (QED) is 0.776. The van der Waals surface area contributed by atoms with Crippen molar-refractivity contribution in [1.29, 1.82) is 5.26 Å². The van der Waals surface area contributed by atoms with Crippen LogP contribution in [0.15, 0.2) is 30.3 Å². The van der Waals surface area contributed by atoms with Gasteiger partial charge in [0.25, 0.3) is 0 Å². The number of carbonyl (C=O) groups is 1. The van der Waals surface area contributed by atoms with Crippen molar-refractivity contribution in [3.8, 4) is 11.8 Å². The fraction of sp³-hybridized carbons (Fsp3) is 0.520. The summed E-state index contributed by atoms with van der Waals surface area (Å²) in [4.78, 5) is 15.6. The lowest BCUT2D eigenvalue weighted by Gasteiger charge is -2.43. The number of benzene rings is 1. The number of ketones is 1. The Morgan fingerprint density at radius 3 is 2.47 bits per heavy atom. The van der Waals surface area contributed by atoms with Crippen LogP contribution >= 0.6 is 0 Å². The van der Waals surface area contributed by atoms with Crippen molar-refractivity contribution in [2.45, 2.75) is 71.6 Å². The molecule has 2 saturated heterocycles. The summed E-state index contributed by atoms with van der Waals surface area (Å²) in [5.41, 5.74) is 3.27. The minimum Gasteiger partial charge on any atom is -0.388 e. The smallest absolute Gasteiger partial charge is 0.178 e. The molecule has 30 heavy (non-hydrogen) atoms. The van der Waals surface area contributed by atoms with E-state index in [-0.39, 0.29) is 23.3 Å². The van der Waals surface area contributed by atoms with Crippen molar-refractivity contribution in [3.63, 3.8) is 0 Å². The average Bonchev–Trinajstić information content (AvgIpc) is 3.30. The van der Waals surface area contributed by atoms with Crippen molar-refractivity contribution in [2.75, 3.05) is 6.54 Å². The van der Waals surface area contributed by atoms with Crippen LogP contribution in [0.5, 0.6) is 0 Å². The van der Waals surface area contributed by atoms with E-state index >= 15 is 0 Å². The van der Waals surface area contributed by atoms with Crippen molar-refractivity contribution < 1.29 is 9.90 Å². The number of nitrogens with zero attached hydrogens (tertiary/aromatic N) is 3. The molecule has 2 aliphatic rings. The first-order valence-electron chi connectivity index (χ1n) is 10.8. The summed E-state index contributed by atoms with van der Waals surface area (Å²) in [6.07, 6.45) is 2.76. The van der Waals surface area contributed by atoms with Gasteiger partial charge in [-0.15, -0.1) is 0 Å². The van der Waals surface area contributed by atoms with Gasteiger partial charge >= 0.3 is 0 Å². The summed E-state index contributed by atoms with van der Waals surface area (Å²) < 4.78 is 2.07. The summed E-state index contributed by atoms with van der Waals surface area (Å²) in [7, 11) is 0. The molecule has 0 amide bonds. The number of aryl methyl sites for hydroxylation is 1. The largest absolute Gasteiger partial charge is 0.388 e. The van der Waals surface area contributed by atoms with Gasteiger partial charge in [-0.25, -0.2) is 0 Å². The number of hydrogen-bond acceptors (Lipinski definition) is 4. The van der Waals surface area contributed by atoms with Gasteiger partial charge in [-0.3, -0.25) is 9.69 Å². The van der Waals surface area contributed by atoms with Crippen LogP contribution in [0.25, 0.3) is 5.69 Å². The number of Topliss-reactive ketones (excluding diaryl/α,β-unsaturated/α-hetero) is 1. The number of fused-ring (bicyclic) bond motifs is 2. The molecule has 0 aliphatic carbocycles. The molecule has 0 unspecified atom stereocenters. The molecule has 1 aromatic carbocycles. The van der Waals surface area contributed by atoms with Crippen LogP contribution in [-0.2, 0) is 0 Å². The van der Waals surface area contributed by atoms with Gasteiger partial charge in [0.15, 0.2) is 5.78 Å². The van der Waals surface area contributed by atoms with Crippen LogP contribution < -0.4 is 0 Å². The molecule has 3 atom stereocenters. The molecule has 5 nitrogen and oxygen atoms in total. The maximum Gasteiger partial charge on any atom is 0.178 e. The van der Waals surface area contributed by atoms with E-state index in [0.717, 1.165) is 41.9 Å². The third-order valence-electron chi connectivity index (χ3n) is 7.35. The lowest BCUT2D eigenvalue weighted by molar-refractivity contribution is -0.0843. The van der Waals surface area contributed by atoms with Crippen LogP contribution in [0.4, 0.5) is 0 Å². The number of carbonyl (C=O) groups excluding carboxylic acids is 1. The Morgan fingerprint density at radius 1 is 1.23 bits per heavy atom. The second-order valence-electron chi connectivity index (χ2n) is 10.00. The second kappa shape index (κ2) is 7.08. The first kappa shape index (κ1) is 20.8. The Labute approximate surface area is 178 Å². The van der Waals surface area contributed by atoms with E-state index in [9.17, 15) is 9.90 Å². The van der Waals surface area contributed by atoms with E-state index in [2.05, 4.69) is 36.3 Å². The van der Waals surface area contributed by atoms with Crippen molar-refractivity contribution >= 4 is 5.78 Å². The zero-order valence-corrected chi connectivity index (χ0v) is 18.6. The summed E-state index contributed by atoms with van der Waals surface area (Å²) in [5, 5.41) is 20.4. The monoisotopic (exact) mass is 405 g/mol. The Kier molecular flexibility index (Phi) is 4.91. The predicted octanol–water partition coefficient (Wildman–Crippen LogP) is 4.16. The van der Waals surface area contributed by atoms with E-state index in [4.69, 9.17) is 5.26 Å². The molecule has 2 fully saturated rings. The highest BCUT2D eigenvalue weighted by atomic mass is 16.3. The minimum atomic E-state index is -0.740. The normalized spacial score (nSPS) is 26.2. The second-order valence-corrected chi connectivity index (χ2v) is 10.00. The summed E-state index contributed by atoms with van der Waals surface area (Å²) in [6.45, 7) is 10.6. The molecule has 0 radical (unpaired) electrons. The van der Waals surface area contributed by atoms with Gasteiger partial charge < -0.3 is 9.67 Å². The number of rotatable bonds is 4. The molecule has 3 heterocycles. The molecule has 0 saturated carbocycles. The molecular weight excluding hydrogens is 374 g/mol. The molecular formula is C25H31N3O2. The molecule has 1 aromatic heterocycles. The lowest BCUT2D eigenvalue weighted by Crippen LogP contribution is -2.53. The van der Waals surface area contributed by atoms with E-state index in [1.165, 1.54) is 0 Å². The summed E-state index contributed by atoms with van der Waals surface area (Å²) in [6, 6.07) is 11.9. The first-order chi connectivity index (χ1) is 14.1. The van der Waals surface area contributed by atoms with Gasteiger partial charge in [0.2, 0.25) is 0 Å². The van der Waals surface area contributed by atoms with Gasteiger partial charge in [-0.05, 0) is 68.9 Å². The maximum atomic E-state index is 13.3. The zero-order chi connectivity index (χ0) is 21.8. The van der Waals surface area contributed by atoms with Gasteiger partial charge in [0, 0.05) is 34.7 Å². The zero-order valence-electron chi connectivity index (χ0n) is 18.6. The standard InChI is InChI=1S/C25H31N3O2/c1-16-12-21(17(2)28(16)19-8-6-18(14-26)7-9-19)22(29)15-27-20-10-11-23(27)25(30,13-20)24(3,4)5/h6-9,12,20,23,30H,10-11,13,15H2,1-5H3/t20-,23+,25+/m0/s1. The van der Waals surface area contributed by atoms with E-state index in [1.807, 2.05) is 32.0 Å². The van der Waals surface area contributed by atoms with E-state index < -0.39 is 5.60 Å². The highest BCUT2D eigenvalue weighted by Gasteiger charge is 2.60. The van der Waals surface area contributed by atoms with Crippen molar-refractivity contribution in [3.05, 3.63) is 52.8 Å². The van der Waals surface area contributed by atoms with Gasteiger partial charge in [-0.1, -0.05) is 20.8 Å². The first-order valence-corrected chi connectivity index (χ1v) is 10.8. The number of hydrogen-bond donors (Lipinski definition) is 1. The van der Waals surface area contributed by atoms with Crippen LogP contribution in [0.2, 0.25) is 0 Å². The number of aliphatic hydroxyl groups is 1. The van der Waals surface area contributed by atoms with Crippen molar-refractivity contribution in [2.24, 2.45) is 5.41 Å². The van der Waals surface area contributed by atoms with Crippen LogP contribution in [-0.4, -0.2) is 44.6 Å². The molecule has 158 valence electrons. The van der Waals surface area contributed by atoms with E-state index in [1.54, 1.807) is 12.1 Å².